The molecule has 0 saturated carbocycles. The van der Waals surface area contributed by atoms with Crippen LogP contribution in [0.1, 0.15) is 66.5 Å². The van der Waals surface area contributed by atoms with Crippen molar-refractivity contribution in [2.75, 3.05) is 0 Å². The summed E-state index contributed by atoms with van der Waals surface area (Å²) in [6, 6.07) is 21.0. The zero-order valence-corrected chi connectivity index (χ0v) is 14.9. The molecule has 0 radical (unpaired) electrons. The van der Waals surface area contributed by atoms with E-state index in [2.05, 4.69) is 68.4 Å². The lowest BCUT2D eigenvalue weighted by molar-refractivity contribution is 0.922. The third-order valence-corrected chi connectivity index (χ3v) is 2.63. The van der Waals surface area contributed by atoms with Gasteiger partial charge in [-0.15, -0.1) is 0 Å². The van der Waals surface area contributed by atoms with Crippen molar-refractivity contribution in [3.8, 4) is 0 Å². The fourth-order valence-corrected chi connectivity index (χ4v) is 1.65. The van der Waals surface area contributed by atoms with Crippen LogP contribution in [0.2, 0.25) is 0 Å². The van der Waals surface area contributed by atoms with Crippen molar-refractivity contribution >= 4 is 0 Å². The summed E-state index contributed by atoms with van der Waals surface area (Å²) in [5.41, 5.74) is 2.85. The first-order valence-corrected chi connectivity index (χ1v) is 8.44. The van der Waals surface area contributed by atoms with Crippen molar-refractivity contribution in [1.29, 1.82) is 0 Å². The first-order valence-electron chi connectivity index (χ1n) is 8.44. The van der Waals surface area contributed by atoms with Gasteiger partial charge in [0.1, 0.15) is 0 Å². The van der Waals surface area contributed by atoms with E-state index in [9.17, 15) is 0 Å². The van der Waals surface area contributed by atoms with Crippen molar-refractivity contribution in [1.82, 2.24) is 0 Å². The van der Waals surface area contributed by atoms with Gasteiger partial charge >= 0.3 is 0 Å². The average Bonchev–Trinajstić information content (AvgIpc) is 2.61. The van der Waals surface area contributed by atoms with Gasteiger partial charge in [-0.2, -0.15) is 0 Å². The van der Waals surface area contributed by atoms with E-state index in [1.54, 1.807) is 0 Å². The summed E-state index contributed by atoms with van der Waals surface area (Å²) in [5.74, 6) is 0. The van der Waals surface area contributed by atoms with E-state index in [1.807, 2.05) is 33.8 Å². The maximum absolute atomic E-state index is 2.20. The van der Waals surface area contributed by atoms with Crippen molar-refractivity contribution < 1.29 is 0 Å². The van der Waals surface area contributed by atoms with E-state index >= 15 is 0 Å². The van der Waals surface area contributed by atoms with Crippen LogP contribution in [0.4, 0.5) is 0 Å². The standard InChI is InChI=1S/C9H12.C8H10.2C2H6.CH4/c1-2-6-9-7-4-3-5-8-9;1-2-8-6-4-3-5-7-8;2*1-2;/h3-5,7-8H,2,6H2,1H3;3-7H,2H2,1H3;2*1-2H3;1H4. The maximum atomic E-state index is 2.20. The van der Waals surface area contributed by atoms with Crippen molar-refractivity contribution in [3.05, 3.63) is 71.8 Å². The Morgan fingerprint density at radius 1 is 0.591 bits per heavy atom. The Labute approximate surface area is 140 Å². The molecule has 0 atom stereocenters. The van der Waals surface area contributed by atoms with Gasteiger partial charge in [0, 0.05) is 0 Å². The highest BCUT2D eigenvalue weighted by Crippen LogP contribution is 2.00. The van der Waals surface area contributed by atoms with Crippen LogP contribution >= 0.6 is 0 Å². The molecular weight excluding hydrogens is 264 g/mol. The average molecular weight is 303 g/mol. The van der Waals surface area contributed by atoms with Crippen LogP contribution in [-0.2, 0) is 12.8 Å². The van der Waals surface area contributed by atoms with E-state index in [0.29, 0.717) is 0 Å². The first-order chi connectivity index (χ1) is 10.4. The minimum atomic E-state index is 0. The highest BCUT2D eigenvalue weighted by molar-refractivity contribution is 5.14. The van der Waals surface area contributed by atoms with E-state index in [4.69, 9.17) is 0 Å². The molecule has 0 nitrogen and oxygen atoms in total. The van der Waals surface area contributed by atoms with Gasteiger partial charge in [-0.1, -0.05) is 116 Å². The third-order valence-electron chi connectivity index (χ3n) is 2.63. The number of benzene rings is 2. The Bertz CT molecular complexity index is 375. The summed E-state index contributed by atoms with van der Waals surface area (Å²) in [4.78, 5) is 0. The van der Waals surface area contributed by atoms with E-state index in [-0.39, 0.29) is 7.43 Å². The Morgan fingerprint density at radius 2 is 0.955 bits per heavy atom. The van der Waals surface area contributed by atoms with Crippen LogP contribution in [0.15, 0.2) is 60.7 Å². The SMILES string of the molecule is C.CC.CC.CCCc1ccccc1.CCc1ccccc1. The van der Waals surface area contributed by atoms with E-state index in [0.717, 1.165) is 6.42 Å². The van der Waals surface area contributed by atoms with Crippen molar-refractivity contribution in [2.45, 2.75) is 68.2 Å². The monoisotopic (exact) mass is 302 g/mol. The van der Waals surface area contributed by atoms with Gasteiger partial charge in [0.05, 0.1) is 0 Å². The summed E-state index contributed by atoms with van der Waals surface area (Å²) >= 11 is 0. The first kappa shape index (κ1) is 25.4. The minimum Gasteiger partial charge on any atom is -0.0776 e. The molecule has 0 aromatic heterocycles. The number of aryl methyl sites for hydroxylation is 2. The summed E-state index contributed by atoms with van der Waals surface area (Å²) in [7, 11) is 0. The summed E-state index contributed by atoms with van der Waals surface area (Å²) in [6.07, 6.45) is 3.59. The smallest absolute Gasteiger partial charge is 0.0281 e. The quantitative estimate of drug-likeness (QED) is 0.548. The van der Waals surface area contributed by atoms with Crippen LogP contribution in [0.3, 0.4) is 0 Å². The Kier molecular flexibility index (Phi) is 25.1. The molecule has 126 valence electrons. The second-order valence-electron chi connectivity index (χ2n) is 4.07. The number of hydrogen-bond donors (Lipinski definition) is 0. The lowest BCUT2D eigenvalue weighted by atomic mass is 10.1. The van der Waals surface area contributed by atoms with Gasteiger partial charge in [0.15, 0.2) is 0 Å². The molecule has 0 amide bonds. The zero-order chi connectivity index (χ0) is 16.3. The molecule has 22 heavy (non-hydrogen) atoms. The molecule has 0 N–H and O–H groups in total. The number of hydrogen-bond acceptors (Lipinski definition) is 0. The van der Waals surface area contributed by atoms with Crippen LogP contribution in [0.25, 0.3) is 0 Å². The molecule has 0 spiro atoms. The Balaban J connectivity index is -0.000000259. The van der Waals surface area contributed by atoms with Crippen LogP contribution in [0.5, 0.6) is 0 Å². The van der Waals surface area contributed by atoms with Gasteiger partial charge in [0.25, 0.3) is 0 Å². The highest BCUT2D eigenvalue weighted by atomic mass is 13.9. The molecule has 0 unspecified atom stereocenters. The van der Waals surface area contributed by atoms with Crippen molar-refractivity contribution in [2.24, 2.45) is 0 Å². The molecule has 0 aliphatic rings. The minimum absolute atomic E-state index is 0. The van der Waals surface area contributed by atoms with E-state index in [1.165, 1.54) is 24.0 Å². The lowest BCUT2D eigenvalue weighted by Gasteiger charge is -1.93. The molecular formula is C22H38. The Hall–Kier alpha value is -1.56. The van der Waals surface area contributed by atoms with Gasteiger partial charge in [-0.3, -0.25) is 0 Å². The van der Waals surface area contributed by atoms with Crippen LogP contribution in [-0.4, -0.2) is 0 Å². The van der Waals surface area contributed by atoms with Crippen molar-refractivity contribution in [3.63, 3.8) is 0 Å². The second kappa shape index (κ2) is 21.7. The molecule has 0 bridgehead atoms. The zero-order valence-electron chi connectivity index (χ0n) is 14.9. The normalized spacial score (nSPS) is 7.73. The Morgan fingerprint density at radius 3 is 1.23 bits per heavy atom. The van der Waals surface area contributed by atoms with Gasteiger partial charge < -0.3 is 0 Å². The second-order valence-corrected chi connectivity index (χ2v) is 4.07. The molecule has 0 heteroatoms. The molecule has 0 saturated heterocycles. The third kappa shape index (κ3) is 14.8. The summed E-state index contributed by atoms with van der Waals surface area (Å²) < 4.78 is 0. The molecule has 0 aliphatic heterocycles. The van der Waals surface area contributed by atoms with Gasteiger partial charge in [-0.25, -0.2) is 0 Å². The fourth-order valence-electron chi connectivity index (χ4n) is 1.65. The predicted octanol–water partition coefficient (Wildman–Crippen LogP) is 7.58. The molecule has 0 aliphatic carbocycles. The topological polar surface area (TPSA) is 0 Å². The lowest BCUT2D eigenvalue weighted by Crippen LogP contribution is -1.78. The van der Waals surface area contributed by atoms with Gasteiger partial charge in [0.2, 0.25) is 0 Å². The molecule has 2 aromatic rings. The largest absolute Gasteiger partial charge is 0.0776 e. The predicted molar refractivity (Wildman–Crippen MR) is 106 cm³/mol. The van der Waals surface area contributed by atoms with Crippen LogP contribution in [0, 0.1) is 0 Å². The summed E-state index contributed by atoms with van der Waals surface area (Å²) in [5, 5.41) is 0. The molecule has 0 fully saturated rings. The molecule has 2 rings (SSSR count). The fraction of sp³-hybridized carbons (Fsp3) is 0.455. The molecule has 2 aromatic carbocycles. The maximum Gasteiger partial charge on any atom is -0.0281 e. The summed E-state index contributed by atoms with van der Waals surface area (Å²) in [6.45, 7) is 12.4. The highest BCUT2D eigenvalue weighted by Gasteiger charge is 1.84. The number of rotatable bonds is 3. The van der Waals surface area contributed by atoms with E-state index < -0.39 is 0 Å². The van der Waals surface area contributed by atoms with Gasteiger partial charge in [-0.05, 0) is 24.0 Å². The molecule has 0 heterocycles. The van der Waals surface area contributed by atoms with Crippen LogP contribution < -0.4 is 0 Å².